The smallest absolute Gasteiger partial charge is 0.179 e. The second-order valence-electron chi connectivity index (χ2n) is 6.09. The van der Waals surface area contributed by atoms with Gasteiger partial charge in [0, 0.05) is 12.1 Å². The Morgan fingerprint density at radius 3 is 2.81 bits per heavy atom. The van der Waals surface area contributed by atoms with Crippen molar-refractivity contribution in [1.29, 1.82) is 0 Å². The highest BCUT2D eigenvalue weighted by molar-refractivity contribution is 6.32. The molecule has 1 aromatic carbocycles. The molecule has 1 aromatic rings. The first kappa shape index (κ1) is 14.9. The van der Waals surface area contributed by atoms with Gasteiger partial charge in [0.1, 0.15) is 13.2 Å². The van der Waals surface area contributed by atoms with Crippen molar-refractivity contribution in [2.45, 2.75) is 32.4 Å². The highest BCUT2D eigenvalue weighted by Gasteiger charge is 2.36. The van der Waals surface area contributed by atoms with Crippen LogP contribution in [-0.2, 0) is 0 Å². The summed E-state index contributed by atoms with van der Waals surface area (Å²) in [6.07, 6.45) is 1.13. The summed E-state index contributed by atoms with van der Waals surface area (Å²) < 4.78 is 11.3. The minimum atomic E-state index is 0.309. The van der Waals surface area contributed by atoms with Gasteiger partial charge in [0.25, 0.3) is 0 Å². The molecule has 116 valence electrons. The quantitative estimate of drug-likeness (QED) is 0.932. The van der Waals surface area contributed by atoms with E-state index >= 15 is 0 Å². The summed E-state index contributed by atoms with van der Waals surface area (Å²) in [5.41, 5.74) is 7.17. The number of nitrogens with zero attached hydrogens (tertiary/aromatic N) is 1. The fraction of sp³-hybridized carbons (Fsp3) is 0.625. The van der Waals surface area contributed by atoms with Crippen LogP contribution in [0.25, 0.3) is 0 Å². The first-order chi connectivity index (χ1) is 10.1. The molecule has 2 N–H and O–H groups in total. The summed E-state index contributed by atoms with van der Waals surface area (Å²) >= 11 is 6.39. The molecule has 0 saturated carbocycles. The van der Waals surface area contributed by atoms with Crippen LogP contribution >= 0.6 is 11.6 Å². The van der Waals surface area contributed by atoms with Gasteiger partial charge in [-0.05, 0) is 57.0 Å². The van der Waals surface area contributed by atoms with Gasteiger partial charge in [-0.25, -0.2) is 0 Å². The van der Waals surface area contributed by atoms with Crippen molar-refractivity contribution in [3.8, 4) is 11.5 Å². The number of hydrogen-bond acceptors (Lipinski definition) is 4. The van der Waals surface area contributed by atoms with Crippen LogP contribution in [0.3, 0.4) is 0 Å². The molecule has 2 heterocycles. The number of rotatable bonds is 3. The average Bonchev–Trinajstić information content (AvgIpc) is 2.91. The van der Waals surface area contributed by atoms with E-state index in [1.165, 1.54) is 5.56 Å². The number of ether oxygens (including phenoxy) is 2. The van der Waals surface area contributed by atoms with E-state index in [0.29, 0.717) is 48.5 Å². The first-order valence-electron chi connectivity index (χ1n) is 7.66. The number of nitrogens with two attached hydrogens (primary N) is 1. The largest absolute Gasteiger partial charge is 0.486 e. The third-order valence-corrected chi connectivity index (χ3v) is 4.77. The van der Waals surface area contributed by atoms with Crippen molar-refractivity contribution in [2.75, 3.05) is 26.3 Å². The Bertz CT molecular complexity index is 521. The van der Waals surface area contributed by atoms with E-state index in [2.05, 4.69) is 24.8 Å². The Morgan fingerprint density at radius 2 is 2.10 bits per heavy atom. The van der Waals surface area contributed by atoms with Crippen LogP contribution in [0.4, 0.5) is 0 Å². The molecule has 0 spiro atoms. The van der Waals surface area contributed by atoms with Gasteiger partial charge in [0.05, 0.1) is 5.02 Å². The van der Waals surface area contributed by atoms with Gasteiger partial charge >= 0.3 is 0 Å². The third kappa shape index (κ3) is 2.72. The van der Waals surface area contributed by atoms with Crippen molar-refractivity contribution < 1.29 is 9.47 Å². The van der Waals surface area contributed by atoms with E-state index in [4.69, 9.17) is 26.8 Å². The van der Waals surface area contributed by atoms with Gasteiger partial charge in [-0.3, -0.25) is 4.90 Å². The maximum Gasteiger partial charge on any atom is 0.179 e. The molecule has 0 radical (unpaired) electrons. The lowest BCUT2D eigenvalue weighted by Crippen LogP contribution is -2.33. The molecule has 0 aliphatic carbocycles. The van der Waals surface area contributed by atoms with E-state index in [1.807, 2.05) is 6.07 Å². The van der Waals surface area contributed by atoms with E-state index in [9.17, 15) is 0 Å². The van der Waals surface area contributed by atoms with Crippen molar-refractivity contribution in [2.24, 2.45) is 11.7 Å². The van der Waals surface area contributed by atoms with Crippen molar-refractivity contribution in [1.82, 2.24) is 4.90 Å². The van der Waals surface area contributed by atoms with Crippen molar-refractivity contribution in [3.63, 3.8) is 0 Å². The molecule has 1 fully saturated rings. The molecule has 5 heteroatoms. The third-order valence-electron chi connectivity index (χ3n) is 4.49. The zero-order chi connectivity index (χ0) is 15.0. The predicted octanol–water partition coefficient (Wildman–Crippen LogP) is 2.84. The van der Waals surface area contributed by atoms with Crippen LogP contribution in [-0.4, -0.2) is 37.2 Å². The number of benzene rings is 1. The molecule has 2 unspecified atom stereocenters. The van der Waals surface area contributed by atoms with Crippen LogP contribution in [0.15, 0.2) is 12.1 Å². The van der Waals surface area contributed by atoms with Gasteiger partial charge in [-0.1, -0.05) is 11.6 Å². The number of fused-ring (bicyclic) bond motifs is 1. The minimum absolute atomic E-state index is 0.309. The van der Waals surface area contributed by atoms with Crippen molar-refractivity contribution in [3.05, 3.63) is 22.7 Å². The number of hydrogen-bond donors (Lipinski definition) is 1. The van der Waals surface area contributed by atoms with Gasteiger partial charge in [0.15, 0.2) is 11.5 Å². The zero-order valence-corrected chi connectivity index (χ0v) is 13.4. The molecule has 2 aliphatic heterocycles. The van der Waals surface area contributed by atoms with Crippen LogP contribution < -0.4 is 15.2 Å². The van der Waals surface area contributed by atoms with Crippen LogP contribution in [0.1, 0.15) is 31.9 Å². The molecule has 4 nitrogen and oxygen atoms in total. The first-order valence-corrected chi connectivity index (χ1v) is 8.04. The van der Waals surface area contributed by atoms with Crippen molar-refractivity contribution >= 4 is 11.6 Å². The lowest BCUT2D eigenvalue weighted by atomic mass is 9.93. The van der Waals surface area contributed by atoms with Crippen LogP contribution in [0, 0.1) is 5.92 Å². The summed E-state index contributed by atoms with van der Waals surface area (Å²) in [7, 11) is 0. The lowest BCUT2D eigenvalue weighted by Gasteiger charge is -2.32. The molecule has 2 atom stereocenters. The topological polar surface area (TPSA) is 47.7 Å². The molecule has 3 rings (SSSR count). The van der Waals surface area contributed by atoms with E-state index in [1.54, 1.807) is 0 Å². The minimum Gasteiger partial charge on any atom is -0.486 e. The highest BCUT2D eigenvalue weighted by atomic mass is 35.5. The fourth-order valence-electron chi connectivity index (χ4n) is 3.47. The Balaban J connectivity index is 1.99. The molecule has 1 saturated heterocycles. The average molecular weight is 311 g/mol. The molecular formula is C16H23ClN2O2. The zero-order valence-electron chi connectivity index (χ0n) is 12.6. The second kappa shape index (κ2) is 6.03. The molecule has 0 amide bonds. The Morgan fingerprint density at radius 1 is 1.33 bits per heavy atom. The molecule has 0 bridgehead atoms. The lowest BCUT2D eigenvalue weighted by molar-refractivity contribution is 0.167. The van der Waals surface area contributed by atoms with Crippen LogP contribution in [0.5, 0.6) is 11.5 Å². The highest BCUT2D eigenvalue weighted by Crippen LogP contribution is 2.44. The Labute approximate surface area is 131 Å². The maximum atomic E-state index is 6.39. The number of likely N-dealkylation sites (tertiary alicyclic amines) is 1. The fourth-order valence-corrected chi connectivity index (χ4v) is 3.75. The second-order valence-corrected chi connectivity index (χ2v) is 6.49. The molecule has 0 aromatic heterocycles. The van der Waals surface area contributed by atoms with E-state index in [0.717, 1.165) is 18.7 Å². The monoisotopic (exact) mass is 310 g/mol. The molecule has 21 heavy (non-hydrogen) atoms. The Kier molecular flexibility index (Phi) is 4.29. The Hall–Kier alpha value is -0.970. The molecule has 2 aliphatic rings. The standard InChI is InChI=1S/C16H23ClN2O2/c1-10(2)19-4-3-11(9-18)15(19)12-7-13(17)16-14(8-12)20-5-6-21-16/h7-8,10-11,15H,3-6,9,18H2,1-2H3. The normalized spacial score (nSPS) is 25.6. The van der Waals surface area contributed by atoms with Gasteiger partial charge in [-0.15, -0.1) is 0 Å². The van der Waals surface area contributed by atoms with Gasteiger partial charge in [-0.2, -0.15) is 0 Å². The van der Waals surface area contributed by atoms with Gasteiger partial charge in [0.2, 0.25) is 0 Å². The summed E-state index contributed by atoms with van der Waals surface area (Å²) in [6.45, 7) is 7.36. The van der Waals surface area contributed by atoms with Gasteiger partial charge < -0.3 is 15.2 Å². The summed E-state index contributed by atoms with van der Waals surface area (Å²) in [6, 6.07) is 4.89. The van der Waals surface area contributed by atoms with E-state index < -0.39 is 0 Å². The number of halogens is 1. The summed E-state index contributed by atoms with van der Waals surface area (Å²) in [5, 5.41) is 0.633. The predicted molar refractivity (Wildman–Crippen MR) is 84.2 cm³/mol. The summed E-state index contributed by atoms with van der Waals surface area (Å²) in [5.74, 6) is 1.89. The van der Waals surface area contributed by atoms with Crippen LogP contribution in [0.2, 0.25) is 5.02 Å². The summed E-state index contributed by atoms with van der Waals surface area (Å²) in [4.78, 5) is 2.50. The van der Waals surface area contributed by atoms with E-state index in [-0.39, 0.29) is 0 Å². The SMILES string of the molecule is CC(C)N1CCC(CN)C1c1cc(Cl)c2c(c1)OCCO2. The maximum absolute atomic E-state index is 6.39. The molecular weight excluding hydrogens is 288 g/mol.